The second-order valence-electron chi connectivity index (χ2n) is 3.82. The van der Waals surface area contributed by atoms with Crippen LogP contribution in [-0.2, 0) is 11.2 Å². The third kappa shape index (κ3) is 2.39. The summed E-state index contributed by atoms with van der Waals surface area (Å²) in [7, 11) is 1.35. The molecule has 0 saturated carbocycles. The Labute approximate surface area is 88.6 Å². The van der Waals surface area contributed by atoms with Gasteiger partial charge >= 0.3 is 5.97 Å². The Morgan fingerprint density at radius 3 is 3.20 bits per heavy atom. The van der Waals surface area contributed by atoms with Gasteiger partial charge in [0.25, 0.3) is 0 Å². The number of ether oxygens (including phenoxy) is 1. The number of rotatable bonds is 3. The van der Waals surface area contributed by atoms with Gasteiger partial charge < -0.3 is 14.5 Å². The van der Waals surface area contributed by atoms with Crippen molar-refractivity contribution in [2.75, 3.05) is 20.2 Å². The van der Waals surface area contributed by atoms with Crippen molar-refractivity contribution in [2.45, 2.75) is 12.8 Å². The van der Waals surface area contributed by atoms with Crippen LogP contribution in [0.1, 0.15) is 22.7 Å². The minimum absolute atomic E-state index is 0.290. The highest BCUT2D eigenvalue weighted by Gasteiger charge is 2.18. The fraction of sp³-hybridized carbons (Fsp3) is 0.545. The van der Waals surface area contributed by atoms with E-state index in [0.29, 0.717) is 11.7 Å². The standard InChI is InChI=1S/C11H15NO3/c1-14-11(13)10-3-2-9(15-10)6-8-4-5-12-7-8/h2-3,8,12H,4-7H2,1H3. The molecule has 1 aliphatic rings. The molecule has 0 bridgehead atoms. The molecule has 1 N–H and O–H groups in total. The molecule has 1 fully saturated rings. The van der Waals surface area contributed by atoms with E-state index < -0.39 is 5.97 Å². The Morgan fingerprint density at radius 2 is 2.53 bits per heavy atom. The molecule has 2 heterocycles. The number of furan rings is 1. The van der Waals surface area contributed by atoms with E-state index in [0.717, 1.165) is 25.3 Å². The van der Waals surface area contributed by atoms with Gasteiger partial charge in [-0.05, 0) is 37.6 Å². The topological polar surface area (TPSA) is 51.5 Å². The highest BCUT2D eigenvalue weighted by atomic mass is 16.5. The smallest absolute Gasteiger partial charge is 0.373 e. The highest BCUT2D eigenvalue weighted by Crippen LogP contribution is 2.17. The van der Waals surface area contributed by atoms with E-state index in [1.54, 1.807) is 6.07 Å². The van der Waals surface area contributed by atoms with Gasteiger partial charge in [0, 0.05) is 6.42 Å². The first-order valence-electron chi connectivity index (χ1n) is 5.17. The molecule has 4 heteroatoms. The van der Waals surface area contributed by atoms with Crippen LogP contribution in [0.25, 0.3) is 0 Å². The summed E-state index contributed by atoms with van der Waals surface area (Å²) >= 11 is 0. The first-order chi connectivity index (χ1) is 7.29. The van der Waals surface area contributed by atoms with Crippen LogP contribution in [0.2, 0.25) is 0 Å². The Hall–Kier alpha value is -1.29. The van der Waals surface area contributed by atoms with Gasteiger partial charge in [-0.15, -0.1) is 0 Å². The molecule has 0 radical (unpaired) electrons. The van der Waals surface area contributed by atoms with E-state index in [2.05, 4.69) is 10.1 Å². The number of esters is 1. The molecular formula is C11H15NO3. The maximum atomic E-state index is 11.1. The first kappa shape index (κ1) is 10.2. The summed E-state index contributed by atoms with van der Waals surface area (Å²) in [6.07, 6.45) is 2.07. The maximum absolute atomic E-state index is 11.1. The summed E-state index contributed by atoms with van der Waals surface area (Å²) in [5.41, 5.74) is 0. The van der Waals surface area contributed by atoms with Crippen LogP contribution in [0.15, 0.2) is 16.5 Å². The summed E-state index contributed by atoms with van der Waals surface area (Å²) in [5.74, 6) is 1.37. The van der Waals surface area contributed by atoms with Crippen LogP contribution in [-0.4, -0.2) is 26.2 Å². The largest absolute Gasteiger partial charge is 0.463 e. The van der Waals surface area contributed by atoms with E-state index in [1.807, 2.05) is 6.07 Å². The van der Waals surface area contributed by atoms with E-state index in [-0.39, 0.29) is 0 Å². The van der Waals surface area contributed by atoms with Crippen molar-refractivity contribution in [3.8, 4) is 0 Å². The Balaban J connectivity index is 1.97. The van der Waals surface area contributed by atoms with Crippen molar-refractivity contribution in [1.29, 1.82) is 0 Å². The predicted molar refractivity (Wildman–Crippen MR) is 54.7 cm³/mol. The average Bonchev–Trinajstić information content (AvgIpc) is 2.88. The van der Waals surface area contributed by atoms with Gasteiger partial charge in [-0.3, -0.25) is 0 Å². The van der Waals surface area contributed by atoms with E-state index >= 15 is 0 Å². The quantitative estimate of drug-likeness (QED) is 0.760. The number of hydrogen-bond acceptors (Lipinski definition) is 4. The van der Waals surface area contributed by atoms with Gasteiger partial charge in [0.05, 0.1) is 7.11 Å². The van der Waals surface area contributed by atoms with Crippen molar-refractivity contribution in [3.63, 3.8) is 0 Å². The van der Waals surface area contributed by atoms with E-state index in [9.17, 15) is 4.79 Å². The maximum Gasteiger partial charge on any atom is 0.373 e. The molecule has 1 atom stereocenters. The van der Waals surface area contributed by atoms with Crippen LogP contribution in [0.4, 0.5) is 0 Å². The molecule has 1 aromatic rings. The highest BCUT2D eigenvalue weighted by molar-refractivity contribution is 5.86. The van der Waals surface area contributed by atoms with Crippen LogP contribution < -0.4 is 5.32 Å². The molecule has 0 aromatic carbocycles. The molecule has 4 nitrogen and oxygen atoms in total. The Morgan fingerprint density at radius 1 is 1.67 bits per heavy atom. The SMILES string of the molecule is COC(=O)c1ccc(CC2CCNC2)o1. The van der Waals surface area contributed by atoms with Gasteiger partial charge in [0.15, 0.2) is 0 Å². The third-order valence-corrected chi connectivity index (χ3v) is 2.70. The minimum Gasteiger partial charge on any atom is -0.463 e. The lowest BCUT2D eigenvalue weighted by Gasteiger charge is -2.04. The molecule has 2 rings (SSSR count). The second kappa shape index (κ2) is 4.49. The molecule has 0 amide bonds. The summed E-state index contributed by atoms with van der Waals surface area (Å²) in [6, 6.07) is 3.52. The number of carbonyl (C=O) groups excluding carboxylic acids is 1. The van der Waals surface area contributed by atoms with Crippen molar-refractivity contribution >= 4 is 5.97 Å². The second-order valence-corrected chi connectivity index (χ2v) is 3.82. The predicted octanol–water partition coefficient (Wildman–Crippen LogP) is 1.22. The molecule has 1 aromatic heterocycles. The van der Waals surface area contributed by atoms with Crippen LogP contribution in [0.5, 0.6) is 0 Å². The zero-order valence-corrected chi connectivity index (χ0v) is 8.79. The van der Waals surface area contributed by atoms with Crippen LogP contribution >= 0.6 is 0 Å². The molecule has 1 saturated heterocycles. The first-order valence-corrected chi connectivity index (χ1v) is 5.17. The third-order valence-electron chi connectivity index (χ3n) is 2.70. The Kier molecular flexibility index (Phi) is 3.06. The van der Waals surface area contributed by atoms with Crippen molar-refractivity contribution in [3.05, 3.63) is 23.7 Å². The van der Waals surface area contributed by atoms with Crippen molar-refractivity contribution in [2.24, 2.45) is 5.92 Å². The van der Waals surface area contributed by atoms with Gasteiger partial charge in [0.1, 0.15) is 5.76 Å². The lowest BCUT2D eigenvalue weighted by atomic mass is 10.0. The van der Waals surface area contributed by atoms with Crippen molar-refractivity contribution in [1.82, 2.24) is 5.32 Å². The van der Waals surface area contributed by atoms with Crippen molar-refractivity contribution < 1.29 is 13.9 Å². The zero-order chi connectivity index (χ0) is 10.7. The molecule has 15 heavy (non-hydrogen) atoms. The fourth-order valence-electron chi connectivity index (χ4n) is 1.87. The van der Waals surface area contributed by atoms with Gasteiger partial charge in [-0.2, -0.15) is 0 Å². The lowest BCUT2D eigenvalue weighted by molar-refractivity contribution is 0.0562. The van der Waals surface area contributed by atoms with Gasteiger partial charge in [0.2, 0.25) is 5.76 Å². The fourth-order valence-corrected chi connectivity index (χ4v) is 1.87. The molecule has 0 spiro atoms. The van der Waals surface area contributed by atoms with E-state index in [4.69, 9.17) is 4.42 Å². The summed E-state index contributed by atoms with van der Waals surface area (Å²) in [5, 5.41) is 3.30. The summed E-state index contributed by atoms with van der Waals surface area (Å²) in [6.45, 7) is 2.11. The normalized spacial score (nSPS) is 20.5. The minimum atomic E-state index is -0.411. The number of carbonyl (C=O) groups is 1. The zero-order valence-electron chi connectivity index (χ0n) is 8.79. The van der Waals surface area contributed by atoms with Crippen LogP contribution in [0.3, 0.4) is 0 Å². The summed E-state index contributed by atoms with van der Waals surface area (Å²) in [4.78, 5) is 11.1. The molecule has 82 valence electrons. The average molecular weight is 209 g/mol. The molecule has 1 aliphatic heterocycles. The number of nitrogens with one attached hydrogen (secondary N) is 1. The van der Waals surface area contributed by atoms with Gasteiger partial charge in [-0.1, -0.05) is 0 Å². The summed E-state index contributed by atoms with van der Waals surface area (Å²) < 4.78 is 9.97. The lowest BCUT2D eigenvalue weighted by Crippen LogP contribution is -2.10. The van der Waals surface area contributed by atoms with Gasteiger partial charge in [-0.25, -0.2) is 4.79 Å². The Bertz CT molecular complexity index is 339. The van der Waals surface area contributed by atoms with Crippen LogP contribution in [0, 0.1) is 5.92 Å². The number of hydrogen-bond donors (Lipinski definition) is 1. The molecule has 0 aliphatic carbocycles. The number of methoxy groups -OCH3 is 1. The monoisotopic (exact) mass is 209 g/mol. The molecular weight excluding hydrogens is 194 g/mol. The van der Waals surface area contributed by atoms with E-state index in [1.165, 1.54) is 13.5 Å². The molecule has 1 unspecified atom stereocenters.